The van der Waals surface area contributed by atoms with Gasteiger partial charge in [0.05, 0.1) is 12.2 Å². The van der Waals surface area contributed by atoms with Crippen molar-refractivity contribution in [3.63, 3.8) is 0 Å². The summed E-state index contributed by atoms with van der Waals surface area (Å²) in [5.74, 6) is -0.168. The number of amides is 1. The molecule has 1 amide bonds. The van der Waals surface area contributed by atoms with E-state index in [2.05, 4.69) is 10.3 Å². The smallest absolute Gasteiger partial charge is 0.252 e. The Hall–Kier alpha value is -1.13. The molecule has 2 N–H and O–H groups in total. The molecule has 0 aliphatic heterocycles. The lowest BCUT2D eigenvalue weighted by atomic mass is 9.87. The Morgan fingerprint density at radius 1 is 1.44 bits per heavy atom. The second-order valence-electron chi connectivity index (χ2n) is 4.92. The van der Waals surface area contributed by atoms with Gasteiger partial charge in [0.2, 0.25) is 0 Å². The van der Waals surface area contributed by atoms with Crippen LogP contribution in [-0.4, -0.2) is 29.1 Å². The lowest BCUT2D eigenvalue weighted by Crippen LogP contribution is -2.38. The van der Waals surface area contributed by atoms with Crippen LogP contribution >= 0.6 is 11.6 Å². The number of aromatic nitrogens is 1. The second-order valence-corrected chi connectivity index (χ2v) is 5.30. The van der Waals surface area contributed by atoms with E-state index in [0.29, 0.717) is 17.3 Å². The van der Waals surface area contributed by atoms with E-state index in [1.165, 1.54) is 6.20 Å². The van der Waals surface area contributed by atoms with Crippen LogP contribution in [0.15, 0.2) is 18.3 Å². The van der Waals surface area contributed by atoms with Gasteiger partial charge in [-0.3, -0.25) is 4.79 Å². The number of nitrogens with one attached hydrogen (secondary N) is 1. The highest BCUT2D eigenvalue weighted by Gasteiger charge is 2.33. The van der Waals surface area contributed by atoms with Gasteiger partial charge in [0.15, 0.2) is 0 Å². The normalized spacial score (nSPS) is 17.7. The Bertz CT molecular complexity index is 414. The summed E-state index contributed by atoms with van der Waals surface area (Å²) in [5.41, 5.74) is 0.362. The first kappa shape index (κ1) is 13.3. The Kier molecular flexibility index (Phi) is 4.19. The highest BCUT2D eigenvalue weighted by atomic mass is 35.5. The average molecular weight is 269 g/mol. The van der Waals surface area contributed by atoms with Gasteiger partial charge in [-0.1, -0.05) is 24.4 Å². The van der Waals surface area contributed by atoms with Crippen LogP contribution in [0.2, 0.25) is 5.15 Å². The van der Waals surface area contributed by atoms with Gasteiger partial charge < -0.3 is 10.4 Å². The van der Waals surface area contributed by atoms with Crippen molar-refractivity contribution < 1.29 is 9.90 Å². The predicted octanol–water partition coefficient (Wildman–Crippen LogP) is 2.02. The summed E-state index contributed by atoms with van der Waals surface area (Å²) in [4.78, 5) is 15.8. The lowest BCUT2D eigenvalue weighted by molar-refractivity contribution is 0.0880. The molecule has 1 aliphatic rings. The number of carbonyl (C=O) groups is 1. The van der Waals surface area contributed by atoms with E-state index >= 15 is 0 Å². The first-order valence-corrected chi connectivity index (χ1v) is 6.54. The van der Waals surface area contributed by atoms with E-state index in [1.54, 1.807) is 12.1 Å². The van der Waals surface area contributed by atoms with Crippen molar-refractivity contribution in [1.82, 2.24) is 10.3 Å². The van der Waals surface area contributed by atoms with Gasteiger partial charge in [-0.05, 0) is 25.0 Å². The van der Waals surface area contributed by atoms with Gasteiger partial charge in [0.1, 0.15) is 5.15 Å². The van der Waals surface area contributed by atoms with Gasteiger partial charge in [-0.25, -0.2) is 4.98 Å². The zero-order valence-corrected chi connectivity index (χ0v) is 10.9. The van der Waals surface area contributed by atoms with Crippen molar-refractivity contribution in [1.29, 1.82) is 0 Å². The van der Waals surface area contributed by atoms with Crippen molar-refractivity contribution >= 4 is 17.5 Å². The van der Waals surface area contributed by atoms with Crippen molar-refractivity contribution in [2.24, 2.45) is 5.41 Å². The van der Waals surface area contributed by atoms with E-state index in [4.69, 9.17) is 11.6 Å². The predicted molar refractivity (Wildman–Crippen MR) is 69.6 cm³/mol. The van der Waals surface area contributed by atoms with E-state index in [9.17, 15) is 9.90 Å². The van der Waals surface area contributed by atoms with Gasteiger partial charge in [0.25, 0.3) is 5.91 Å². The molecule has 0 atom stereocenters. The van der Waals surface area contributed by atoms with Crippen molar-refractivity contribution in [3.8, 4) is 0 Å². The Morgan fingerprint density at radius 3 is 2.72 bits per heavy atom. The number of hydrogen-bond donors (Lipinski definition) is 2. The van der Waals surface area contributed by atoms with Gasteiger partial charge in [-0.2, -0.15) is 0 Å². The minimum atomic E-state index is -0.168. The third kappa shape index (κ3) is 3.00. The number of hydrogen-bond acceptors (Lipinski definition) is 3. The molecule has 1 aromatic heterocycles. The number of aliphatic hydroxyl groups excluding tert-OH is 1. The maximum atomic E-state index is 11.9. The van der Waals surface area contributed by atoms with Crippen molar-refractivity contribution in [3.05, 3.63) is 29.0 Å². The molecule has 4 nitrogen and oxygen atoms in total. The van der Waals surface area contributed by atoms with Crippen molar-refractivity contribution in [2.45, 2.75) is 25.7 Å². The minimum Gasteiger partial charge on any atom is -0.396 e. The average Bonchev–Trinajstić information content (AvgIpc) is 2.86. The number of rotatable bonds is 4. The number of aliphatic hydroxyl groups is 1. The second kappa shape index (κ2) is 5.67. The molecular formula is C13H17ClN2O2. The maximum absolute atomic E-state index is 11.9. The first-order chi connectivity index (χ1) is 8.65. The Labute approximate surface area is 111 Å². The molecule has 0 radical (unpaired) electrons. The molecular weight excluding hydrogens is 252 g/mol. The zero-order valence-electron chi connectivity index (χ0n) is 10.2. The van der Waals surface area contributed by atoms with Gasteiger partial charge in [0, 0.05) is 18.2 Å². The van der Waals surface area contributed by atoms with E-state index < -0.39 is 0 Å². The highest BCUT2D eigenvalue weighted by molar-refractivity contribution is 6.29. The first-order valence-electron chi connectivity index (χ1n) is 6.16. The molecule has 0 bridgehead atoms. The molecule has 1 fully saturated rings. The molecule has 18 heavy (non-hydrogen) atoms. The van der Waals surface area contributed by atoms with E-state index in [1.807, 2.05) is 0 Å². The lowest BCUT2D eigenvalue weighted by Gasteiger charge is -2.26. The molecule has 0 unspecified atom stereocenters. The number of carbonyl (C=O) groups excluding carboxylic acids is 1. The quantitative estimate of drug-likeness (QED) is 0.822. The van der Waals surface area contributed by atoms with Gasteiger partial charge >= 0.3 is 0 Å². The summed E-state index contributed by atoms with van der Waals surface area (Å²) in [6.45, 7) is 0.650. The van der Waals surface area contributed by atoms with Crippen LogP contribution in [-0.2, 0) is 0 Å². The minimum absolute atomic E-state index is 0.129. The van der Waals surface area contributed by atoms with Crippen LogP contribution in [0.25, 0.3) is 0 Å². The Balaban J connectivity index is 1.93. The number of nitrogens with zero attached hydrogens (tertiary/aromatic N) is 1. The van der Waals surface area contributed by atoms with Crippen LogP contribution in [0.3, 0.4) is 0 Å². The summed E-state index contributed by atoms with van der Waals surface area (Å²) in [7, 11) is 0. The third-order valence-corrected chi connectivity index (χ3v) is 3.84. The molecule has 1 aliphatic carbocycles. The molecule has 2 rings (SSSR count). The molecule has 0 saturated heterocycles. The zero-order chi connectivity index (χ0) is 13.0. The molecule has 0 aromatic carbocycles. The number of halogens is 1. The van der Waals surface area contributed by atoms with Gasteiger partial charge in [-0.15, -0.1) is 0 Å². The highest BCUT2D eigenvalue weighted by Crippen LogP contribution is 2.36. The summed E-state index contributed by atoms with van der Waals surface area (Å²) < 4.78 is 0. The SMILES string of the molecule is O=C(NCC1(CO)CCCC1)c1ccc(Cl)nc1. The molecule has 98 valence electrons. The molecule has 1 aromatic rings. The largest absolute Gasteiger partial charge is 0.396 e. The van der Waals surface area contributed by atoms with Crippen LogP contribution in [0.1, 0.15) is 36.0 Å². The van der Waals surface area contributed by atoms with Crippen molar-refractivity contribution in [2.75, 3.05) is 13.2 Å². The summed E-state index contributed by atoms with van der Waals surface area (Å²) in [6, 6.07) is 3.23. The summed E-state index contributed by atoms with van der Waals surface area (Å²) >= 11 is 5.67. The number of pyridine rings is 1. The third-order valence-electron chi connectivity index (χ3n) is 3.61. The van der Waals surface area contributed by atoms with Crippen LogP contribution < -0.4 is 5.32 Å². The maximum Gasteiger partial charge on any atom is 0.252 e. The fraction of sp³-hybridized carbons (Fsp3) is 0.538. The fourth-order valence-corrected chi connectivity index (χ4v) is 2.51. The summed E-state index contributed by atoms with van der Waals surface area (Å²) in [5, 5.41) is 12.7. The molecule has 1 saturated carbocycles. The van der Waals surface area contributed by atoms with Crippen LogP contribution in [0.4, 0.5) is 0 Å². The topological polar surface area (TPSA) is 62.2 Å². The molecule has 1 heterocycles. The van der Waals surface area contributed by atoms with E-state index in [-0.39, 0.29) is 17.9 Å². The van der Waals surface area contributed by atoms with Crippen LogP contribution in [0.5, 0.6) is 0 Å². The molecule has 0 spiro atoms. The standard InChI is InChI=1S/C13H17ClN2O2/c14-11-4-3-10(7-15-11)12(18)16-8-13(9-17)5-1-2-6-13/h3-4,7,17H,1-2,5-6,8-9H2,(H,16,18). The summed E-state index contributed by atoms with van der Waals surface area (Å²) in [6.07, 6.45) is 5.65. The van der Waals surface area contributed by atoms with Crippen LogP contribution in [0, 0.1) is 5.41 Å². The fourth-order valence-electron chi connectivity index (χ4n) is 2.40. The monoisotopic (exact) mass is 268 g/mol. The van der Waals surface area contributed by atoms with E-state index in [0.717, 1.165) is 25.7 Å². The Morgan fingerprint density at radius 2 is 2.17 bits per heavy atom. The molecule has 5 heteroatoms.